The van der Waals surface area contributed by atoms with Crippen LogP contribution in [0.25, 0.3) is 11.1 Å². The Morgan fingerprint density at radius 1 is 1.15 bits per heavy atom. The topological polar surface area (TPSA) is 50.2 Å². The molecule has 20 heavy (non-hydrogen) atoms. The Bertz CT molecular complexity index is 704. The average molecular weight is 265 g/mol. The summed E-state index contributed by atoms with van der Waals surface area (Å²) in [5.74, 6) is -0.567. The van der Waals surface area contributed by atoms with Gasteiger partial charge >= 0.3 is 5.97 Å². The first kappa shape index (κ1) is 12.6. The van der Waals surface area contributed by atoms with Gasteiger partial charge in [0.1, 0.15) is 5.71 Å². The zero-order chi connectivity index (χ0) is 14.1. The molecule has 2 aromatic carbocycles. The number of esters is 1. The van der Waals surface area contributed by atoms with E-state index in [4.69, 9.17) is 10.1 Å². The number of fused-ring (bicyclic) bond motifs is 3. The molecule has 0 saturated heterocycles. The zero-order valence-electron chi connectivity index (χ0n) is 11.3. The molecule has 0 saturated carbocycles. The fourth-order valence-electron chi connectivity index (χ4n) is 2.62. The molecular weight excluding hydrogens is 250 g/mol. The largest absolute Gasteiger partial charge is 0.461 e. The quantitative estimate of drug-likeness (QED) is 0.584. The highest BCUT2D eigenvalue weighted by Crippen LogP contribution is 2.36. The smallest absolute Gasteiger partial charge is 0.356 e. The maximum absolute atomic E-state index is 11.6. The van der Waals surface area contributed by atoms with Gasteiger partial charge < -0.3 is 4.74 Å². The van der Waals surface area contributed by atoms with Crippen molar-refractivity contribution in [1.82, 2.24) is 0 Å². The minimum Gasteiger partial charge on any atom is -0.461 e. The molecule has 1 aliphatic rings. The molecule has 0 heterocycles. The maximum Gasteiger partial charge on any atom is 0.356 e. The van der Waals surface area contributed by atoms with Gasteiger partial charge in [-0.1, -0.05) is 36.4 Å². The highest BCUT2D eigenvalue weighted by molar-refractivity contribution is 6.42. The van der Waals surface area contributed by atoms with Gasteiger partial charge in [-0.2, -0.15) is 0 Å². The lowest BCUT2D eigenvalue weighted by atomic mass is 10.0. The molecule has 100 valence electrons. The van der Waals surface area contributed by atoms with Gasteiger partial charge in [-0.3, -0.25) is 5.41 Å². The van der Waals surface area contributed by atoms with Crippen LogP contribution in [0.15, 0.2) is 42.5 Å². The van der Waals surface area contributed by atoms with Crippen molar-refractivity contribution in [3.8, 4) is 11.1 Å². The highest BCUT2D eigenvalue weighted by Gasteiger charge is 2.20. The number of nitrogens with one attached hydrogen (secondary N) is 1. The molecule has 3 nitrogen and oxygen atoms in total. The minimum atomic E-state index is -0.567. The summed E-state index contributed by atoms with van der Waals surface area (Å²) in [4.78, 5) is 11.6. The molecule has 0 spiro atoms. The van der Waals surface area contributed by atoms with Crippen molar-refractivity contribution in [2.24, 2.45) is 0 Å². The number of carbonyl (C=O) groups is 1. The van der Waals surface area contributed by atoms with Gasteiger partial charge in [0.2, 0.25) is 0 Å². The molecule has 0 atom stereocenters. The second-order valence-corrected chi connectivity index (χ2v) is 4.80. The first-order valence-electron chi connectivity index (χ1n) is 6.68. The summed E-state index contributed by atoms with van der Waals surface area (Å²) in [6.45, 7) is 2.03. The van der Waals surface area contributed by atoms with E-state index in [1.54, 1.807) is 6.92 Å². The zero-order valence-corrected chi connectivity index (χ0v) is 11.3. The van der Waals surface area contributed by atoms with Gasteiger partial charge in [0.05, 0.1) is 6.61 Å². The molecule has 1 aliphatic carbocycles. The number of rotatable bonds is 3. The summed E-state index contributed by atoms with van der Waals surface area (Å²) in [6, 6.07) is 14.0. The number of ether oxygens (including phenoxy) is 1. The predicted molar refractivity (Wildman–Crippen MR) is 78.1 cm³/mol. The lowest BCUT2D eigenvalue weighted by molar-refractivity contribution is -0.135. The van der Waals surface area contributed by atoms with Crippen molar-refractivity contribution in [1.29, 1.82) is 5.41 Å². The molecule has 0 aromatic heterocycles. The van der Waals surface area contributed by atoms with Gasteiger partial charge in [0, 0.05) is 5.56 Å². The van der Waals surface area contributed by atoms with Crippen molar-refractivity contribution in [2.75, 3.05) is 6.61 Å². The summed E-state index contributed by atoms with van der Waals surface area (Å²) in [5, 5.41) is 7.89. The molecule has 0 amide bonds. The van der Waals surface area contributed by atoms with Crippen LogP contribution in [0.2, 0.25) is 0 Å². The third-order valence-corrected chi connectivity index (χ3v) is 3.56. The van der Waals surface area contributed by atoms with E-state index in [-0.39, 0.29) is 12.3 Å². The summed E-state index contributed by atoms with van der Waals surface area (Å²) in [7, 11) is 0. The molecule has 0 aliphatic heterocycles. The molecule has 1 N–H and O–H groups in total. The molecule has 0 bridgehead atoms. The summed E-state index contributed by atoms with van der Waals surface area (Å²) >= 11 is 0. The van der Waals surface area contributed by atoms with Gasteiger partial charge in [0.15, 0.2) is 0 Å². The second kappa shape index (κ2) is 4.93. The summed E-state index contributed by atoms with van der Waals surface area (Å²) in [5.41, 5.74) is 5.44. The molecule has 3 rings (SSSR count). The van der Waals surface area contributed by atoms with Crippen molar-refractivity contribution >= 4 is 11.7 Å². The van der Waals surface area contributed by atoms with Gasteiger partial charge in [-0.25, -0.2) is 4.79 Å². The van der Waals surface area contributed by atoms with E-state index < -0.39 is 5.97 Å². The molecule has 3 heteroatoms. The monoisotopic (exact) mass is 265 g/mol. The molecule has 2 aromatic rings. The standard InChI is InChI=1S/C17H15NO2/c1-2-20-17(19)16(18)12-7-8-15-13(10-12)9-11-5-3-4-6-14(11)15/h3-8,10,18H,2,9H2,1H3. The van der Waals surface area contributed by atoms with E-state index >= 15 is 0 Å². The molecule has 0 unspecified atom stereocenters. The first-order valence-corrected chi connectivity index (χ1v) is 6.68. The van der Waals surface area contributed by atoms with Crippen molar-refractivity contribution < 1.29 is 9.53 Å². The number of benzene rings is 2. The Hall–Kier alpha value is -2.42. The lowest BCUT2D eigenvalue weighted by Crippen LogP contribution is -2.17. The summed E-state index contributed by atoms with van der Waals surface area (Å²) < 4.78 is 4.88. The normalized spacial score (nSPS) is 11.7. The van der Waals surface area contributed by atoms with Crippen LogP contribution in [-0.2, 0) is 16.0 Å². The van der Waals surface area contributed by atoms with Gasteiger partial charge in [0.25, 0.3) is 0 Å². The highest BCUT2D eigenvalue weighted by atomic mass is 16.5. The van der Waals surface area contributed by atoms with E-state index in [1.807, 2.05) is 30.3 Å². The van der Waals surface area contributed by atoms with Crippen molar-refractivity contribution in [3.63, 3.8) is 0 Å². The van der Waals surface area contributed by atoms with E-state index in [0.717, 1.165) is 12.0 Å². The predicted octanol–water partition coefficient (Wildman–Crippen LogP) is 3.19. The van der Waals surface area contributed by atoms with Crippen LogP contribution < -0.4 is 0 Å². The third-order valence-electron chi connectivity index (χ3n) is 3.56. The van der Waals surface area contributed by atoms with Gasteiger partial charge in [-0.05, 0) is 41.7 Å². The van der Waals surface area contributed by atoms with Gasteiger partial charge in [-0.15, -0.1) is 0 Å². The second-order valence-electron chi connectivity index (χ2n) is 4.80. The van der Waals surface area contributed by atoms with Crippen molar-refractivity contribution in [2.45, 2.75) is 13.3 Å². The Kier molecular flexibility index (Phi) is 3.11. The minimum absolute atomic E-state index is 0.0781. The fourth-order valence-corrected chi connectivity index (χ4v) is 2.62. The number of hydrogen-bond donors (Lipinski definition) is 1. The third kappa shape index (κ3) is 2.01. The van der Waals surface area contributed by atoms with Crippen LogP contribution in [0.1, 0.15) is 23.6 Å². The molecular formula is C17H15NO2. The Balaban J connectivity index is 1.95. The lowest BCUT2D eigenvalue weighted by Gasteiger charge is -2.06. The Morgan fingerprint density at radius 2 is 1.90 bits per heavy atom. The first-order chi connectivity index (χ1) is 9.70. The van der Waals surface area contributed by atoms with Crippen molar-refractivity contribution in [3.05, 3.63) is 59.2 Å². The average Bonchev–Trinajstić information content (AvgIpc) is 2.84. The van der Waals surface area contributed by atoms with Crippen LogP contribution in [-0.4, -0.2) is 18.3 Å². The molecule has 0 radical (unpaired) electrons. The van der Waals surface area contributed by atoms with E-state index in [0.29, 0.717) is 5.56 Å². The van der Waals surface area contributed by atoms with Crippen LogP contribution in [0.4, 0.5) is 0 Å². The van der Waals surface area contributed by atoms with Crippen LogP contribution in [0.3, 0.4) is 0 Å². The maximum atomic E-state index is 11.6. The number of carbonyl (C=O) groups excluding carboxylic acids is 1. The Labute approximate surface area is 117 Å². The van der Waals surface area contributed by atoms with Crippen LogP contribution in [0.5, 0.6) is 0 Å². The van der Waals surface area contributed by atoms with Crippen LogP contribution >= 0.6 is 0 Å². The van der Waals surface area contributed by atoms with E-state index in [1.165, 1.54) is 16.7 Å². The summed E-state index contributed by atoms with van der Waals surface area (Å²) in [6.07, 6.45) is 0.857. The number of hydrogen-bond acceptors (Lipinski definition) is 3. The fraction of sp³-hybridized carbons (Fsp3) is 0.176. The van der Waals surface area contributed by atoms with E-state index in [9.17, 15) is 4.79 Å². The van der Waals surface area contributed by atoms with E-state index in [2.05, 4.69) is 12.1 Å². The molecule has 0 fully saturated rings. The SMILES string of the molecule is CCOC(=O)C(=N)c1ccc2c(c1)Cc1ccccc1-2. The Morgan fingerprint density at radius 3 is 2.70 bits per heavy atom. The van der Waals surface area contributed by atoms with Crippen LogP contribution in [0, 0.1) is 5.41 Å².